The lowest BCUT2D eigenvalue weighted by atomic mass is 10.1. The predicted octanol–water partition coefficient (Wildman–Crippen LogP) is 2.39. The summed E-state index contributed by atoms with van der Waals surface area (Å²) in [7, 11) is 1.54. The molecule has 0 atom stereocenters. The van der Waals surface area contributed by atoms with E-state index in [1.165, 1.54) is 0 Å². The highest BCUT2D eigenvalue weighted by atomic mass is 35.5. The lowest BCUT2D eigenvalue weighted by Gasteiger charge is -2.28. The number of nitrogens with one attached hydrogen (secondary N) is 1. The van der Waals surface area contributed by atoms with Gasteiger partial charge in [0.15, 0.2) is 0 Å². The van der Waals surface area contributed by atoms with E-state index in [1.54, 1.807) is 30.2 Å². The Morgan fingerprint density at radius 3 is 2.90 bits per heavy atom. The second-order valence-electron chi connectivity index (χ2n) is 4.57. The summed E-state index contributed by atoms with van der Waals surface area (Å²) < 4.78 is 5.32. The Balaban J connectivity index is 2.25. The van der Waals surface area contributed by atoms with Gasteiger partial charge in [-0.1, -0.05) is 0 Å². The van der Waals surface area contributed by atoms with Gasteiger partial charge in [0.2, 0.25) is 11.8 Å². The van der Waals surface area contributed by atoms with Crippen molar-refractivity contribution >= 4 is 34.8 Å². The van der Waals surface area contributed by atoms with E-state index < -0.39 is 0 Å². The van der Waals surface area contributed by atoms with Gasteiger partial charge < -0.3 is 15.0 Å². The number of piperidine rings is 1. The summed E-state index contributed by atoms with van der Waals surface area (Å²) >= 11 is 5.45. The van der Waals surface area contributed by atoms with Gasteiger partial charge in [0.05, 0.1) is 12.8 Å². The molecule has 5 nitrogen and oxygen atoms in total. The normalized spacial score (nSPS) is 15.1. The molecule has 0 radical (unpaired) electrons. The van der Waals surface area contributed by atoms with Crippen LogP contribution in [0.15, 0.2) is 18.2 Å². The standard InChI is InChI=1S/C14H17ClN2O3/c1-20-12-8-10(16-13(18)9-15)5-6-11(12)17-7-3-2-4-14(17)19/h5-6,8H,2-4,7,9H2,1H3,(H,16,18). The molecule has 1 aliphatic heterocycles. The SMILES string of the molecule is COc1cc(NC(=O)CCl)ccc1N1CCCCC1=O. The van der Waals surface area contributed by atoms with Crippen LogP contribution in [0.5, 0.6) is 5.75 Å². The van der Waals surface area contributed by atoms with Crippen molar-refractivity contribution in [3.63, 3.8) is 0 Å². The van der Waals surface area contributed by atoms with Gasteiger partial charge in [0, 0.05) is 24.7 Å². The lowest BCUT2D eigenvalue weighted by Crippen LogP contribution is -2.35. The fourth-order valence-electron chi connectivity index (χ4n) is 2.23. The van der Waals surface area contributed by atoms with Gasteiger partial charge in [-0.25, -0.2) is 0 Å². The molecule has 20 heavy (non-hydrogen) atoms. The van der Waals surface area contributed by atoms with E-state index in [2.05, 4.69) is 5.32 Å². The van der Waals surface area contributed by atoms with Gasteiger partial charge >= 0.3 is 0 Å². The molecular formula is C14H17ClN2O3. The highest BCUT2D eigenvalue weighted by Crippen LogP contribution is 2.33. The highest BCUT2D eigenvalue weighted by Gasteiger charge is 2.22. The summed E-state index contributed by atoms with van der Waals surface area (Å²) in [6.07, 6.45) is 2.48. The number of amides is 2. The summed E-state index contributed by atoms with van der Waals surface area (Å²) in [6.45, 7) is 0.697. The van der Waals surface area contributed by atoms with Crippen LogP contribution in [0.1, 0.15) is 19.3 Å². The first-order valence-electron chi connectivity index (χ1n) is 6.50. The van der Waals surface area contributed by atoms with E-state index in [0.717, 1.165) is 18.5 Å². The zero-order chi connectivity index (χ0) is 14.5. The quantitative estimate of drug-likeness (QED) is 0.868. The van der Waals surface area contributed by atoms with Crippen molar-refractivity contribution in [1.29, 1.82) is 0 Å². The second kappa shape index (κ2) is 6.61. The van der Waals surface area contributed by atoms with Crippen LogP contribution in [-0.2, 0) is 9.59 Å². The summed E-state index contributed by atoms with van der Waals surface area (Å²) in [5.74, 6) is 0.282. The number of methoxy groups -OCH3 is 1. The number of nitrogens with zero attached hydrogens (tertiary/aromatic N) is 1. The first kappa shape index (κ1) is 14.7. The van der Waals surface area contributed by atoms with Crippen molar-refractivity contribution < 1.29 is 14.3 Å². The number of carbonyl (C=O) groups is 2. The third-order valence-electron chi connectivity index (χ3n) is 3.20. The van der Waals surface area contributed by atoms with E-state index in [0.29, 0.717) is 24.4 Å². The molecule has 1 aromatic rings. The molecule has 0 bridgehead atoms. The molecule has 0 spiro atoms. The van der Waals surface area contributed by atoms with Crippen molar-refractivity contribution in [3.8, 4) is 5.75 Å². The van der Waals surface area contributed by atoms with Crippen LogP contribution in [0.4, 0.5) is 11.4 Å². The minimum Gasteiger partial charge on any atom is -0.494 e. The molecule has 0 unspecified atom stereocenters. The van der Waals surface area contributed by atoms with E-state index in [9.17, 15) is 9.59 Å². The first-order valence-corrected chi connectivity index (χ1v) is 7.03. The van der Waals surface area contributed by atoms with Crippen LogP contribution >= 0.6 is 11.6 Å². The first-order chi connectivity index (χ1) is 9.65. The molecule has 0 aliphatic carbocycles. The lowest BCUT2D eigenvalue weighted by molar-refractivity contribution is -0.119. The topological polar surface area (TPSA) is 58.6 Å². The molecule has 0 saturated carbocycles. The van der Waals surface area contributed by atoms with Crippen LogP contribution in [0.25, 0.3) is 0 Å². The maximum atomic E-state index is 12.0. The molecule has 1 N–H and O–H groups in total. The molecular weight excluding hydrogens is 280 g/mol. The fourth-order valence-corrected chi connectivity index (χ4v) is 2.30. The number of halogens is 1. The number of anilines is 2. The van der Waals surface area contributed by atoms with E-state index in [1.807, 2.05) is 0 Å². The van der Waals surface area contributed by atoms with Crippen molar-refractivity contribution in [2.75, 3.05) is 29.8 Å². The smallest absolute Gasteiger partial charge is 0.239 e. The number of benzene rings is 1. The second-order valence-corrected chi connectivity index (χ2v) is 4.84. The number of rotatable bonds is 4. The Morgan fingerprint density at radius 1 is 1.45 bits per heavy atom. The average molecular weight is 297 g/mol. The van der Waals surface area contributed by atoms with Gasteiger partial charge in [0.1, 0.15) is 11.6 Å². The third-order valence-corrected chi connectivity index (χ3v) is 3.44. The Labute approximate surface area is 122 Å². The minimum atomic E-state index is -0.282. The molecule has 1 aliphatic rings. The Morgan fingerprint density at radius 2 is 2.25 bits per heavy atom. The van der Waals surface area contributed by atoms with Gasteiger partial charge in [-0.2, -0.15) is 0 Å². The summed E-state index contributed by atoms with van der Waals surface area (Å²) in [5.41, 5.74) is 1.33. The molecule has 2 rings (SSSR count). The fraction of sp³-hybridized carbons (Fsp3) is 0.429. The van der Waals surface area contributed by atoms with E-state index in [4.69, 9.17) is 16.3 Å². The molecule has 2 amide bonds. The maximum absolute atomic E-state index is 12.0. The summed E-state index contributed by atoms with van der Waals surface area (Å²) in [4.78, 5) is 25.0. The van der Waals surface area contributed by atoms with Crippen LogP contribution in [-0.4, -0.2) is 31.3 Å². The number of alkyl halides is 1. The van der Waals surface area contributed by atoms with Crippen molar-refractivity contribution in [2.45, 2.75) is 19.3 Å². The zero-order valence-electron chi connectivity index (χ0n) is 11.3. The molecule has 1 heterocycles. The summed E-state index contributed by atoms with van der Waals surface area (Å²) in [5, 5.41) is 2.65. The van der Waals surface area contributed by atoms with Crippen LogP contribution < -0.4 is 15.0 Å². The van der Waals surface area contributed by atoms with Crippen LogP contribution in [0, 0.1) is 0 Å². The van der Waals surface area contributed by atoms with Gasteiger partial charge in [-0.05, 0) is 25.0 Å². The monoisotopic (exact) mass is 296 g/mol. The Bertz CT molecular complexity index is 519. The van der Waals surface area contributed by atoms with Crippen molar-refractivity contribution in [2.24, 2.45) is 0 Å². The largest absolute Gasteiger partial charge is 0.494 e. The van der Waals surface area contributed by atoms with Gasteiger partial charge in [-0.15, -0.1) is 11.6 Å². The van der Waals surface area contributed by atoms with Crippen molar-refractivity contribution in [3.05, 3.63) is 18.2 Å². The molecule has 1 fully saturated rings. The maximum Gasteiger partial charge on any atom is 0.239 e. The molecule has 1 aromatic carbocycles. The van der Waals surface area contributed by atoms with E-state index in [-0.39, 0.29) is 17.7 Å². The van der Waals surface area contributed by atoms with E-state index >= 15 is 0 Å². The average Bonchev–Trinajstić information content (AvgIpc) is 2.47. The Hall–Kier alpha value is -1.75. The summed E-state index contributed by atoms with van der Waals surface area (Å²) in [6, 6.07) is 5.22. The number of ether oxygens (including phenoxy) is 1. The number of hydrogen-bond donors (Lipinski definition) is 1. The van der Waals surface area contributed by atoms with Crippen LogP contribution in [0.3, 0.4) is 0 Å². The zero-order valence-corrected chi connectivity index (χ0v) is 12.1. The van der Waals surface area contributed by atoms with Gasteiger partial charge in [0.25, 0.3) is 0 Å². The molecule has 6 heteroatoms. The third kappa shape index (κ3) is 3.22. The molecule has 108 valence electrons. The molecule has 1 saturated heterocycles. The number of hydrogen-bond acceptors (Lipinski definition) is 3. The highest BCUT2D eigenvalue weighted by molar-refractivity contribution is 6.29. The van der Waals surface area contributed by atoms with Crippen molar-refractivity contribution in [1.82, 2.24) is 0 Å². The molecule has 0 aromatic heterocycles. The number of carbonyl (C=O) groups excluding carboxylic acids is 2. The van der Waals surface area contributed by atoms with Crippen LogP contribution in [0.2, 0.25) is 0 Å². The van der Waals surface area contributed by atoms with Gasteiger partial charge in [-0.3, -0.25) is 9.59 Å². The Kier molecular flexibility index (Phi) is 4.84. The minimum absolute atomic E-state index is 0.103. The predicted molar refractivity (Wildman–Crippen MR) is 78.5 cm³/mol.